The Hall–Kier alpha value is -1.40. The lowest BCUT2D eigenvalue weighted by molar-refractivity contribution is -0.144. The van der Waals surface area contributed by atoms with Crippen LogP contribution in [0.15, 0.2) is 16.1 Å². The summed E-state index contributed by atoms with van der Waals surface area (Å²) in [6, 6.07) is 0. The number of nitrogens with zero attached hydrogens (tertiary/aromatic N) is 3. The monoisotopic (exact) mass is 320 g/mol. The molecule has 3 aliphatic rings. The summed E-state index contributed by atoms with van der Waals surface area (Å²) in [5.41, 5.74) is 7.55. The molecule has 2 N–H and O–H groups in total. The second kappa shape index (κ2) is 5.31. The van der Waals surface area contributed by atoms with Gasteiger partial charge in [-0.25, -0.2) is 15.0 Å². The molecule has 128 valence electrons. The maximum atomic E-state index is 13.4. The molecule has 1 amide bonds. The van der Waals surface area contributed by atoms with Crippen LogP contribution in [0.4, 0.5) is 0 Å². The molecule has 0 bridgehead atoms. The van der Waals surface area contributed by atoms with Crippen molar-refractivity contribution in [3.63, 3.8) is 0 Å². The number of fused-ring (bicyclic) bond motifs is 1. The van der Waals surface area contributed by atoms with Crippen molar-refractivity contribution in [1.82, 2.24) is 10.0 Å². The molecule has 3 rings (SSSR count). The highest BCUT2D eigenvalue weighted by Crippen LogP contribution is 2.61. The van der Waals surface area contributed by atoms with E-state index >= 15 is 0 Å². The van der Waals surface area contributed by atoms with Crippen LogP contribution in [0.5, 0.6) is 0 Å². The number of nitrogens with two attached hydrogens (primary N) is 1. The van der Waals surface area contributed by atoms with Gasteiger partial charge in [0.1, 0.15) is 0 Å². The molecule has 1 unspecified atom stereocenters. The smallest absolute Gasteiger partial charge is 0.276 e. The van der Waals surface area contributed by atoms with Gasteiger partial charge in [-0.2, -0.15) is 0 Å². The van der Waals surface area contributed by atoms with Gasteiger partial charge in [0.15, 0.2) is 5.54 Å². The first-order chi connectivity index (χ1) is 10.8. The Bertz CT molecular complexity index is 587. The average molecular weight is 320 g/mol. The third-order valence-electron chi connectivity index (χ3n) is 6.18. The Kier molecular flexibility index (Phi) is 3.80. The van der Waals surface area contributed by atoms with Crippen LogP contribution in [0.2, 0.25) is 0 Å². The van der Waals surface area contributed by atoms with E-state index in [4.69, 9.17) is 15.5 Å². The zero-order valence-corrected chi connectivity index (χ0v) is 14.8. The molecule has 1 fully saturated rings. The Morgan fingerprint density at radius 1 is 1.30 bits per heavy atom. The van der Waals surface area contributed by atoms with Crippen molar-refractivity contribution < 1.29 is 9.53 Å². The summed E-state index contributed by atoms with van der Waals surface area (Å²) in [5.74, 6) is 0.313. The molecule has 2 aliphatic carbocycles. The van der Waals surface area contributed by atoms with Gasteiger partial charge in [0, 0.05) is 26.6 Å². The van der Waals surface area contributed by atoms with Gasteiger partial charge >= 0.3 is 0 Å². The molecule has 2 spiro atoms. The molecular formula is C17H28N4O2. The number of amides is 1. The minimum absolute atomic E-state index is 0.00483. The summed E-state index contributed by atoms with van der Waals surface area (Å²) >= 11 is 0. The van der Waals surface area contributed by atoms with Gasteiger partial charge in [0.25, 0.3) is 5.91 Å². The van der Waals surface area contributed by atoms with Crippen molar-refractivity contribution in [2.75, 3.05) is 21.2 Å². The van der Waals surface area contributed by atoms with Crippen molar-refractivity contribution in [3.05, 3.63) is 11.1 Å². The highest BCUT2D eigenvalue weighted by atomic mass is 16.5. The van der Waals surface area contributed by atoms with Crippen LogP contribution in [0.25, 0.3) is 0 Å². The Balaban J connectivity index is 2.06. The van der Waals surface area contributed by atoms with Crippen LogP contribution in [0.3, 0.4) is 0 Å². The van der Waals surface area contributed by atoms with Gasteiger partial charge in [0.05, 0.1) is 6.10 Å². The highest BCUT2D eigenvalue weighted by molar-refractivity contribution is 6.09. The first kappa shape index (κ1) is 16.5. The number of guanidine groups is 1. The second-order valence-electron chi connectivity index (χ2n) is 7.44. The Morgan fingerprint density at radius 3 is 2.39 bits per heavy atom. The number of allylic oxidation sites excluding steroid dienone is 1. The van der Waals surface area contributed by atoms with E-state index in [1.165, 1.54) is 10.6 Å². The Morgan fingerprint density at radius 2 is 1.91 bits per heavy atom. The lowest BCUT2D eigenvalue weighted by Crippen LogP contribution is -2.57. The average Bonchev–Trinajstić information content (AvgIpc) is 2.88. The van der Waals surface area contributed by atoms with Gasteiger partial charge in [-0.05, 0) is 51.5 Å². The van der Waals surface area contributed by atoms with E-state index in [1.54, 1.807) is 12.1 Å². The molecule has 0 aromatic rings. The van der Waals surface area contributed by atoms with E-state index in [1.807, 2.05) is 14.1 Å². The quantitative estimate of drug-likeness (QED) is 0.786. The molecule has 1 heterocycles. The third kappa shape index (κ3) is 2.01. The maximum absolute atomic E-state index is 13.4. The van der Waals surface area contributed by atoms with Gasteiger partial charge in [-0.3, -0.25) is 4.79 Å². The van der Waals surface area contributed by atoms with E-state index in [0.717, 1.165) is 37.7 Å². The second-order valence-corrected chi connectivity index (χ2v) is 7.44. The van der Waals surface area contributed by atoms with E-state index in [2.05, 4.69) is 13.8 Å². The molecule has 1 atom stereocenters. The number of aliphatic imine (C=N–C) groups is 1. The van der Waals surface area contributed by atoms with E-state index in [-0.39, 0.29) is 11.3 Å². The number of rotatable bonds is 2. The van der Waals surface area contributed by atoms with Gasteiger partial charge in [-0.1, -0.05) is 5.57 Å². The van der Waals surface area contributed by atoms with Crippen molar-refractivity contribution >= 4 is 11.9 Å². The van der Waals surface area contributed by atoms with Crippen molar-refractivity contribution in [2.24, 2.45) is 16.1 Å². The molecule has 0 aromatic heterocycles. The molecule has 1 aliphatic heterocycles. The zero-order chi connectivity index (χ0) is 17.0. The van der Waals surface area contributed by atoms with E-state index in [9.17, 15) is 4.79 Å². The lowest BCUT2D eigenvalue weighted by atomic mass is 9.61. The molecule has 0 saturated heterocycles. The van der Waals surface area contributed by atoms with Gasteiger partial charge < -0.3 is 10.5 Å². The molecule has 0 aromatic carbocycles. The third-order valence-corrected chi connectivity index (χ3v) is 6.18. The summed E-state index contributed by atoms with van der Waals surface area (Å²) in [4.78, 5) is 18.2. The summed E-state index contributed by atoms with van der Waals surface area (Å²) < 4.78 is 5.53. The van der Waals surface area contributed by atoms with Crippen molar-refractivity contribution in [3.8, 4) is 0 Å². The largest absolute Gasteiger partial charge is 0.381 e. The summed E-state index contributed by atoms with van der Waals surface area (Å²) in [7, 11) is 5.43. The van der Waals surface area contributed by atoms with E-state index < -0.39 is 5.54 Å². The van der Waals surface area contributed by atoms with Gasteiger partial charge in [0.2, 0.25) is 5.96 Å². The summed E-state index contributed by atoms with van der Waals surface area (Å²) in [6.07, 6.45) is 5.07. The molecule has 23 heavy (non-hydrogen) atoms. The standard InChI is InChI=1S/C17H28N4O2/c1-11-10-16(8-6-13(23-5)7-9-16)17(12(11)2)14(22)21(20(3)4)15(18)19-17/h13H,6-10H2,1-5H3,(H2,18,19). The first-order valence-corrected chi connectivity index (χ1v) is 8.36. The fourth-order valence-corrected chi connectivity index (χ4v) is 4.89. The maximum Gasteiger partial charge on any atom is 0.276 e. The molecular weight excluding hydrogens is 292 g/mol. The van der Waals surface area contributed by atoms with Crippen LogP contribution in [-0.2, 0) is 9.53 Å². The van der Waals surface area contributed by atoms with Crippen LogP contribution >= 0.6 is 0 Å². The van der Waals surface area contributed by atoms with E-state index in [0.29, 0.717) is 12.1 Å². The molecule has 6 nitrogen and oxygen atoms in total. The number of hydrazine groups is 1. The molecule has 1 saturated carbocycles. The van der Waals surface area contributed by atoms with Crippen molar-refractivity contribution in [2.45, 2.75) is 57.6 Å². The minimum Gasteiger partial charge on any atom is -0.381 e. The minimum atomic E-state index is -0.815. The van der Waals surface area contributed by atoms with Crippen LogP contribution in [-0.4, -0.2) is 54.7 Å². The van der Waals surface area contributed by atoms with Crippen molar-refractivity contribution in [1.29, 1.82) is 0 Å². The van der Waals surface area contributed by atoms with Crippen LogP contribution in [0, 0.1) is 5.41 Å². The topological polar surface area (TPSA) is 71.2 Å². The number of hydrogen-bond acceptors (Lipinski definition) is 5. The summed E-state index contributed by atoms with van der Waals surface area (Å²) in [6.45, 7) is 4.19. The normalized spacial score (nSPS) is 37.7. The SMILES string of the molecule is COC1CCC2(CC1)CC(C)=C(C)C21N=C(N)N(N(C)C)C1=O. The van der Waals surface area contributed by atoms with Gasteiger partial charge in [-0.15, -0.1) is 0 Å². The molecule has 0 radical (unpaired) electrons. The highest BCUT2D eigenvalue weighted by Gasteiger charge is 2.66. The zero-order valence-electron chi connectivity index (χ0n) is 14.8. The predicted octanol–water partition coefficient (Wildman–Crippen LogP) is 1.67. The fourth-order valence-electron chi connectivity index (χ4n) is 4.89. The number of ether oxygens (including phenoxy) is 1. The lowest BCUT2D eigenvalue weighted by Gasteiger charge is -2.46. The van der Waals surface area contributed by atoms with Crippen LogP contribution < -0.4 is 5.73 Å². The fraction of sp³-hybridized carbons (Fsp3) is 0.765. The Labute approximate surface area is 138 Å². The number of hydrogen-bond donors (Lipinski definition) is 1. The number of methoxy groups -OCH3 is 1. The number of carbonyl (C=O) groups is 1. The van der Waals surface area contributed by atoms with Crippen LogP contribution in [0.1, 0.15) is 46.0 Å². The predicted molar refractivity (Wildman–Crippen MR) is 89.6 cm³/mol. The summed E-state index contributed by atoms with van der Waals surface area (Å²) in [5, 5.41) is 3.25. The number of carbonyl (C=O) groups excluding carboxylic acids is 1. The molecule has 6 heteroatoms. The first-order valence-electron chi connectivity index (χ1n) is 8.36.